The maximum atomic E-state index is 12.5. The number of hydrogen-bond acceptors (Lipinski definition) is 5. The number of nitrogens with zero attached hydrogens (tertiary/aromatic N) is 2. The van der Waals surface area contributed by atoms with Gasteiger partial charge in [0.15, 0.2) is 0 Å². The van der Waals surface area contributed by atoms with E-state index < -0.39 is 9.84 Å². The van der Waals surface area contributed by atoms with Crippen molar-refractivity contribution in [1.82, 2.24) is 4.90 Å². The van der Waals surface area contributed by atoms with E-state index in [9.17, 15) is 13.2 Å². The summed E-state index contributed by atoms with van der Waals surface area (Å²) in [5.41, 5.74) is 0.401. The zero-order valence-electron chi connectivity index (χ0n) is 12.6. The van der Waals surface area contributed by atoms with Crippen LogP contribution in [0, 0.1) is 11.3 Å². The maximum Gasteiger partial charge on any atom is 0.285 e. The molecule has 118 valence electrons. The summed E-state index contributed by atoms with van der Waals surface area (Å²) in [5.74, 6) is 0. The Kier molecular flexibility index (Phi) is 5.08. The highest BCUT2D eigenvalue weighted by atomic mass is 32.2. The second-order valence-corrected chi connectivity index (χ2v) is 7.85. The molecular formula is C16H14N2O3S2. The molecule has 7 heteroatoms. The highest BCUT2D eigenvalue weighted by Gasteiger charge is 2.18. The van der Waals surface area contributed by atoms with Crippen LogP contribution < -0.4 is 0 Å². The lowest BCUT2D eigenvalue weighted by Gasteiger charge is -2.09. The third-order valence-corrected chi connectivity index (χ3v) is 5.83. The molecule has 2 aromatic rings. The number of sulfone groups is 1. The first kappa shape index (κ1) is 17.1. The standard InChI is InChI=1S/C16H14N2O3S2/c1-18(2)16(19)22-13-5-9-15(10-6-13)23(20,21)14-7-3-12(11-17)4-8-14/h3-10H,1-2H3. The third-order valence-electron chi connectivity index (χ3n) is 3.00. The SMILES string of the molecule is CN(C)C(=O)Sc1ccc(S(=O)(=O)c2ccc(C#N)cc2)cc1. The predicted molar refractivity (Wildman–Crippen MR) is 88.0 cm³/mol. The molecular weight excluding hydrogens is 332 g/mol. The molecule has 0 aliphatic heterocycles. The molecule has 0 aliphatic rings. The Labute approximate surface area is 139 Å². The summed E-state index contributed by atoms with van der Waals surface area (Å²) in [4.78, 5) is 14.0. The van der Waals surface area contributed by atoms with Crippen LogP contribution in [0.4, 0.5) is 4.79 Å². The number of nitriles is 1. The van der Waals surface area contributed by atoms with E-state index >= 15 is 0 Å². The van der Waals surface area contributed by atoms with Crippen LogP contribution in [-0.2, 0) is 9.84 Å². The van der Waals surface area contributed by atoms with Crippen molar-refractivity contribution in [2.45, 2.75) is 14.7 Å². The number of carbonyl (C=O) groups excluding carboxylic acids is 1. The Morgan fingerprint density at radius 3 is 1.91 bits per heavy atom. The van der Waals surface area contributed by atoms with Gasteiger partial charge in [-0.2, -0.15) is 5.26 Å². The van der Waals surface area contributed by atoms with Gasteiger partial charge < -0.3 is 4.90 Å². The molecule has 0 saturated heterocycles. The van der Waals surface area contributed by atoms with Crippen molar-refractivity contribution in [3.8, 4) is 6.07 Å². The van der Waals surface area contributed by atoms with E-state index in [2.05, 4.69) is 0 Å². The van der Waals surface area contributed by atoms with E-state index in [-0.39, 0.29) is 15.0 Å². The van der Waals surface area contributed by atoms with Gasteiger partial charge in [-0.3, -0.25) is 4.79 Å². The minimum atomic E-state index is -3.64. The number of carbonyl (C=O) groups is 1. The monoisotopic (exact) mass is 346 g/mol. The second-order valence-electron chi connectivity index (χ2n) is 4.87. The van der Waals surface area contributed by atoms with Crippen LogP contribution in [0.2, 0.25) is 0 Å². The van der Waals surface area contributed by atoms with Gasteiger partial charge in [-0.15, -0.1) is 0 Å². The zero-order chi connectivity index (χ0) is 17.0. The summed E-state index contributed by atoms with van der Waals surface area (Å²) in [6.07, 6.45) is 0. The second kappa shape index (κ2) is 6.86. The molecule has 0 bridgehead atoms. The summed E-state index contributed by atoms with van der Waals surface area (Å²) in [6, 6.07) is 13.8. The van der Waals surface area contributed by atoms with Crippen LogP contribution in [0.15, 0.2) is 63.2 Å². The lowest BCUT2D eigenvalue weighted by molar-refractivity contribution is 0.241. The maximum absolute atomic E-state index is 12.5. The van der Waals surface area contributed by atoms with Gasteiger partial charge in [0.2, 0.25) is 9.84 Å². The van der Waals surface area contributed by atoms with E-state index in [1.807, 2.05) is 6.07 Å². The summed E-state index contributed by atoms with van der Waals surface area (Å²) < 4.78 is 25.0. The summed E-state index contributed by atoms with van der Waals surface area (Å²) in [5, 5.41) is 8.63. The molecule has 2 rings (SSSR count). The van der Waals surface area contributed by atoms with Crippen LogP contribution in [0.25, 0.3) is 0 Å². The fourth-order valence-corrected chi connectivity index (χ4v) is 3.64. The first-order valence-electron chi connectivity index (χ1n) is 6.59. The molecule has 5 nitrogen and oxygen atoms in total. The molecule has 0 spiro atoms. The van der Waals surface area contributed by atoms with Crippen molar-refractivity contribution in [1.29, 1.82) is 5.26 Å². The van der Waals surface area contributed by atoms with Crippen molar-refractivity contribution in [2.75, 3.05) is 14.1 Å². The average molecular weight is 346 g/mol. The van der Waals surface area contributed by atoms with E-state index in [0.29, 0.717) is 10.5 Å². The molecule has 0 aromatic heterocycles. The van der Waals surface area contributed by atoms with Crippen molar-refractivity contribution in [3.05, 3.63) is 54.1 Å². The number of benzene rings is 2. The Balaban J connectivity index is 2.26. The largest absolute Gasteiger partial charge is 0.339 e. The number of hydrogen-bond donors (Lipinski definition) is 0. The number of thioether (sulfide) groups is 1. The van der Waals surface area contributed by atoms with Gasteiger partial charge in [-0.1, -0.05) is 0 Å². The molecule has 0 heterocycles. The molecule has 0 saturated carbocycles. The van der Waals surface area contributed by atoms with Crippen LogP contribution in [0.3, 0.4) is 0 Å². The fourth-order valence-electron chi connectivity index (χ4n) is 1.72. The first-order chi connectivity index (χ1) is 10.8. The lowest BCUT2D eigenvalue weighted by Crippen LogP contribution is -2.15. The van der Waals surface area contributed by atoms with Crippen LogP contribution >= 0.6 is 11.8 Å². The van der Waals surface area contributed by atoms with E-state index in [1.54, 1.807) is 26.2 Å². The zero-order valence-corrected chi connectivity index (χ0v) is 14.2. The molecule has 0 aliphatic carbocycles. The lowest BCUT2D eigenvalue weighted by atomic mass is 10.2. The highest BCUT2D eigenvalue weighted by molar-refractivity contribution is 8.13. The van der Waals surface area contributed by atoms with E-state index in [4.69, 9.17) is 5.26 Å². The summed E-state index contributed by atoms with van der Waals surface area (Å²) in [6.45, 7) is 0. The van der Waals surface area contributed by atoms with Gasteiger partial charge in [-0.05, 0) is 60.3 Å². The van der Waals surface area contributed by atoms with Gasteiger partial charge in [0.1, 0.15) is 0 Å². The van der Waals surface area contributed by atoms with Gasteiger partial charge in [0.05, 0.1) is 21.4 Å². The molecule has 0 N–H and O–H groups in total. The van der Waals surface area contributed by atoms with E-state index in [0.717, 1.165) is 11.8 Å². The van der Waals surface area contributed by atoms with Crippen LogP contribution in [0.5, 0.6) is 0 Å². The highest BCUT2D eigenvalue weighted by Crippen LogP contribution is 2.25. The molecule has 0 radical (unpaired) electrons. The molecule has 1 amide bonds. The van der Waals surface area contributed by atoms with Crippen molar-refractivity contribution >= 4 is 26.8 Å². The van der Waals surface area contributed by atoms with Gasteiger partial charge in [-0.25, -0.2) is 8.42 Å². The van der Waals surface area contributed by atoms with E-state index in [1.165, 1.54) is 41.3 Å². The first-order valence-corrected chi connectivity index (χ1v) is 8.89. The molecule has 0 fully saturated rings. The Bertz CT molecular complexity index is 850. The molecule has 0 unspecified atom stereocenters. The number of rotatable bonds is 3. The topological polar surface area (TPSA) is 78.2 Å². The minimum Gasteiger partial charge on any atom is -0.339 e. The quantitative estimate of drug-likeness (QED) is 0.798. The van der Waals surface area contributed by atoms with Crippen LogP contribution in [0.1, 0.15) is 5.56 Å². The minimum absolute atomic E-state index is 0.126. The molecule has 2 aromatic carbocycles. The smallest absolute Gasteiger partial charge is 0.285 e. The fraction of sp³-hybridized carbons (Fsp3) is 0.125. The normalized spacial score (nSPS) is 10.8. The summed E-state index contributed by atoms with van der Waals surface area (Å²) >= 11 is 1.03. The summed E-state index contributed by atoms with van der Waals surface area (Å²) in [7, 11) is -0.336. The Morgan fingerprint density at radius 1 is 1.00 bits per heavy atom. The predicted octanol–water partition coefficient (Wildman–Crippen LogP) is 3.16. The van der Waals surface area contributed by atoms with Gasteiger partial charge in [0, 0.05) is 19.0 Å². The van der Waals surface area contributed by atoms with Crippen LogP contribution in [-0.4, -0.2) is 32.7 Å². The molecule has 23 heavy (non-hydrogen) atoms. The Hall–Kier alpha value is -2.30. The van der Waals surface area contributed by atoms with Crippen molar-refractivity contribution in [3.63, 3.8) is 0 Å². The van der Waals surface area contributed by atoms with Gasteiger partial charge >= 0.3 is 0 Å². The van der Waals surface area contributed by atoms with Crippen molar-refractivity contribution in [2.24, 2.45) is 0 Å². The third kappa shape index (κ3) is 3.92. The average Bonchev–Trinajstić information content (AvgIpc) is 2.55. The Morgan fingerprint density at radius 2 is 1.48 bits per heavy atom. The van der Waals surface area contributed by atoms with Gasteiger partial charge in [0.25, 0.3) is 5.24 Å². The number of amides is 1. The molecule has 0 atom stereocenters. The van der Waals surface area contributed by atoms with Crippen molar-refractivity contribution < 1.29 is 13.2 Å².